The molecule has 0 spiro atoms. The zero-order valence-corrected chi connectivity index (χ0v) is 9.62. The second-order valence-electron chi connectivity index (χ2n) is 3.67. The topological polar surface area (TPSA) is 29.5 Å². The summed E-state index contributed by atoms with van der Waals surface area (Å²) in [5.74, 6) is 0.555. The van der Waals surface area contributed by atoms with E-state index >= 15 is 0 Å². The lowest BCUT2D eigenvalue weighted by atomic mass is 10.2. The highest BCUT2D eigenvalue weighted by atomic mass is 16.5. The minimum atomic E-state index is 0.0678. The van der Waals surface area contributed by atoms with Crippen molar-refractivity contribution in [3.05, 3.63) is 12.2 Å². The monoisotopic (exact) mass is 199 g/mol. The Morgan fingerprint density at radius 1 is 1.50 bits per heavy atom. The van der Waals surface area contributed by atoms with Gasteiger partial charge < -0.3 is 9.64 Å². The Hall–Kier alpha value is -0.830. The third-order valence-electron chi connectivity index (χ3n) is 1.77. The number of hydrogen-bond acceptors (Lipinski definition) is 2. The highest BCUT2D eigenvalue weighted by Crippen LogP contribution is 2.00. The lowest BCUT2D eigenvalue weighted by molar-refractivity contribution is -0.127. The average Bonchev–Trinajstić information content (AvgIpc) is 2.12. The molecular weight excluding hydrogens is 178 g/mol. The predicted molar refractivity (Wildman–Crippen MR) is 58.1 cm³/mol. The molecule has 0 aliphatic heterocycles. The Labute approximate surface area is 86.7 Å². The van der Waals surface area contributed by atoms with Crippen LogP contribution in [-0.4, -0.2) is 37.6 Å². The molecule has 0 heterocycles. The Morgan fingerprint density at radius 3 is 2.57 bits per heavy atom. The highest BCUT2D eigenvalue weighted by Gasteiger charge is 2.11. The molecule has 0 bridgehead atoms. The van der Waals surface area contributed by atoms with Crippen LogP contribution in [0.3, 0.4) is 0 Å². The molecule has 0 radical (unpaired) electrons. The molecule has 0 saturated heterocycles. The molecule has 0 aliphatic carbocycles. The summed E-state index contributed by atoms with van der Waals surface area (Å²) in [6.45, 7) is 8.09. The van der Waals surface area contributed by atoms with Crippen LogP contribution in [0.1, 0.15) is 20.8 Å². The van der Waals surface area contributed by atoms with Crippen molar-refractivity contribution in [2.45, 2.75) is 20.8 Å². The van der Waals surface area contributed by atoms with Gasteiger partial charge in [-0.1, -0.05) is 19.9 Å². The minimum Gasteiger partial charge on any atom is -0.383 e. The van der Waals surface area contributed by atoms with Crippen molar-refractivity contribution in [1.29, 1.82) is 0 Å². The molecule has 0 aromatic rings. The first-order valence-corrected chi connectivity index (χ1v) is 5.02. The van der Waals surface area contributed by atoms with Crippen molar-refractivity contribution >= 4 is 5.91 Å². The summed E-state index contributed by atoms with van der Waals surface area (Å²) >= 11 is 0. The van der Waals surface area contributed by atoms with E-state index in [0.29, 0.717) is 19.1 Å². The normalized spacial score (nSPS) is 11.2. The number of allylic oxidation sites excluding steroid dienone is 1. The second kappa shape index (κ2) is 7.56. The van der Waals surface area contributed by atoms with Crippen LogP contribution < -0.4 is 0 Å². The standard InChI is InChI=1S/C11H21NO2/c1-5-6-11(13)12(7-8-14-4)9-10(2)3/h5-6,10H,7-9H2,1-4H3. The first-order valence-electron chi connectivity index (χ1n) is 5.02. The van der Waals surface area contributed by atoms with Gasteiger partial charge in [0.15, 0.2) is 0 Å². The number of nitrogens with zero attached hydrogens (tertiary/aromatic N) is 1. The summed E-state index contributed by atoms with van der Waals surface area (Å²) in [6.07, 6.45) is 3.36. The van der Waals surface area contributed by atoms with Crippen LogP contribution >= 0.6 is 0 Å². The Kier molecular flexibility index (Phi) is 7.11. The second-order valence-corrected chi connectivity index (χ2v) is 3.67. The van der Waals surface area contributed by atoms with Crippen LogP contribution in [0.4, 0.5) is 0 Å². The fourth-order valence-corrected chi connectivity index (χ4v) is 1.18. The molecule has 0 aromatic heterocycles. The van der Waals surface area contributed by atoms with E-state index in [2.05, 4.69) is 13.8 Å². The lowest BCUT2D eigenvalue weighted by Gasteiger charge is -2.22. The number of carbonyl (C=O) groups excluding carboxylic acids is 1. The molecule has 0 atom stereocenters. The zero-order valence-electron chi connectivity index (χ0n) is 9.62. The Morgan fingerprint density at radius 2 is 2.14 bits per heavy atom. The predicted octanol–water partition coefficient (Wildman–Crippen LogP) is 1.69. The maximum absolute atomic E-state index is 11.6. The van der Waals surface area contributed by atoms with Gasteiger partial charge >= 0.3 is 0 Å². The number of rotatable bonds is 6. The quantitative estimate of drug-likeness (QED) is 0.609. The van der Waals surface area contributed by atoms with E-state index in [4.69, 9.17) is 4.74 Å². The van der Waals surface area contributed by atoms with Gasteiger partial charge in [0.1, 0.15) is 0 Å². The number of hydrogen-bond donors (Lipinski definition) is 0. The number of carbonyl (C=O) groups is 1. The molecule has 82 valence electrons. The molecule has 0 saturated carbocycles. The van der Waals surface area contributed by atoms with E-state index in [9.17, 15) is 4.79 Å². The first kappa shape index (κ1) is 13.2. The number of methoxy groups -OCH3 is 1. The summed E-state index contributed by atoms with van der Waals surface area (Å²) in [5.41, 5.74) is 0. The molecule has 3 nitrogen and oxygen atoms in total. The van der Waals surface area contributed by atoms with E-state index in [1.807, 2.05) is 11.8 Å². The lowest BCUT2D eigenvalue weighted by Crippen LogP contribution is -2.35. The summed E-state index contributed by atoms with van der Waals surface area (Å²) < 4.78 is 4.96. The van der Waals surface area contributed by atoms with Gasteiger partial charge in [-0.25, -0.2) is 0 Å². The molecular formula is C11H21NO2. The summed E-state index contributed by atoms with van der Waals surface area (Å²) in [5, 5.41) is 0. The van der Waals surface area contributed by atoms with Gasteiger partial charge in [0.25, 0.3) is 0 Å². The van der Waals surface area contributed by atoms with Gasteiger partial charge in [-0.05, 0) is 18.9 Å². The van der Waals surface area contributed by atoms with Crippen molar-refractivity contribution in [2.24, 2.45) is 5.92 Å². The third kappa shape index (κ3) is 5.75. The largest absolute Gasteiger partial charge is 0.383 e. The van der Waals surface area contributed by atoms with Crippen molar-refractivity contribution in [3.8, 4) is 0 Å². The van der Waals surface area contributed by atoms with Gasteiger partial charge in [-0.2, -0.15) is 0 Å². The molecule has 0 rings (SSSR count). The highest BCUT2D eigenvalue weighted by molar-refractivity contribution is 5.87. The number of ether oxygens (including phenoxy) is 1. The van der Waals surface area contributed by atoms with E-state index in [-0.39, 0.29) is 5.91 Å². The molecule has 3 heteroatoms. The van der Waals surface area contributed by atoms with Crippen LogP contribution in [0.25, 0.3) is 0 Å². The van der Waals surface area contributed by atoms with Crippen molar-refractivity contribution in [1.82, 2.24) is 4.90 Å². The molecule has 1 amide bonds. The maximum Gasteiger partial charge on any atom is 0.246 e. The maximum atomic E-state index is 11.6. The summed E-state index contributed by atoms with van der Waals surface area (Å²) in [7, 11) is 1.65. The molecule has 14 heavy (non-hydrogen) atoms. The Balaban J connectivity index is 4.15. The van der Waals surface area contributed by atoms with Gasteiger partial charge in [0.05, 0.1) is 6.61 Å². The zero-order chi connectivity index (χ0) is 11.0. The van der Waals surface area contributed by atoms with Crippen LogP contribution in [0, 0.1) is 5.92 Å². The Bertz CT molecular complexity index is 188. The van der Waals surface area contributed by atoms with E-state index in [1.165, 1.54) is 0 Å². The van der Waals surface area contributed by atoms with Crippen LogP contribution in [-0.2, 0) is 9.53 Å². The van der Waals surface area contributed by atoms with Gasteiger partial charge in [-0.15, -0.1) is 0 Å². The SMILES string of the molecule is CC=CC(=O)N(CCOC)CC(C)C. The average molecular weight is 199 g/mol. The summed E-state index contributed by atoms with van der Waals surface area (Å²) in [4.78, 5) is 13.4. The van der Waals surface area contributed by atoms with Gasteiger partial charge in [0, 0.05) is 20.2 Å². The van der Waals surface area contributed by atoms with Crippen molar-refractivity contribution < 1.29 is 9.53 Å². The van der Waals surface area contributed by atoms with Crippen molar-refractivity contribution in [3.63, 3.8) is 0 Å². The van der Waals surface area contributed by atoms with Gasteiger partial charge in [-0.3, -0.25) is 4.79 Å². The van der Waals surface area contributed by atoms with Crippen LogP contribution in [0.5, 0.6) is 0 Å². The molecule has 0 fully saturated rings. The van der Waals surface area contributed by atoms with Crippen LogP contribution in [0.2, 0.25) is 0 Å². The molecule has 0 N–H and O–H groups in total. The van der Waals surface area contributed by atoms with E-state index in [1.54, 1.807) is 19.3 Å². The van der Waals surface area contributed by atoms with Gasteiger partial charge in [0.2, 0.25) is 5.91 Å². The molecule has 0 aromatic carbocycles. The number of amides is 1. The van der Waals surface area contributed by atoms with E-state index < -0.39 is 0 Å². The fourth-order valence-electron chi connectivity index (χ4n) is 1.18. The van der Waals surface area contributed by atoms with E-state index in [0.717, 1.165) is 6.54 Å². The van der Waals surface area contributed by atoms with Crippen molar-refractivity contribution in [2.75, 3.05) is 26.8 Å². The smallest absolute Gasteiger partial charge is 0.246 e. The minimum absolute atomic E-state index is 0.0678. The molecule has 0 aliphatic rings. The molecule has 0 unspecified atom stereocenters. The third-order valence-corrected chi connectivity index (χ3v) is 1.77. The first-order chi connectivity index (χ1) is 6.61. The van der Waals surface area contributed by atoms with Crippen LogP contribution in [0.15, 0.2) is 12.2 Å². The fraction of sp³-hybridized carbons (Fsp3) is 0.727. The summed E-state index contributed by atoms with van der Waals surface area (Å²) in [6, 6.07) is 0.